The molecule has 1 aromatic rings. The van der Waals surface area contributed by atoms with Crippen molar-refractivity contribution in [2.24, 2.45) is 0 Å². The van der Waals surface area contributed by atoms with Crippen LogP contribution in [0.2, 0.25) is 0 Å². The molecule has 0 aliphatic carbocycles. The average Bonchev–Trinajstić information content (AvgIpc) is 2.16. The second-order valence-electron chi connectivity index (χ2n) is 3.69. The smallest absolute Gasteiger partial charge is 0.243 e. The molecule has 0 bridgehead atoms. The summed E-state index contributed by atoms with van der Waals surface area (Å²) in [5, 5.41) is 2.75. The Morgan fingerprint density at radius 1 is 1.47 bits per heavy atom. The number of likely N-dealkylation sites (N-methyl/N-ethyl adjacent to an activating group) is 1. The van der Waals surface area contributed by atoms with Crippen LogP contribution in [0.1, 0.15) is 17.3 Å². The molecule has 0 atom stereocenters. The molecule has 15 heavy (non-hydrogen) atoms. The number of rotatable bonds is 1. The van der Waals surface area contributed by atoms with Crippen molar-refractivity contribution < 1.29 is 9.59 Å². The third-order valence-electron chi connectivity index (χ3n) is 2.47. The zero-order valence-corrected chi connectivity index (χ0v) is 8.70. The molecule has 1 N–H and O–H groups in total. The number of fused-ring (bicyclic) bond motifs is 1. The van der Waals surface area contributed by atoms with Gasteiger partial charge < -0.3 is 10.2 Å². The zero-order chi connectivity index (χ0) is 11.0. The Hall–Kier alpha value is -1.84. The molecule has 4 heteroatoms. The highest BCUT2D eigenvalue weighted by Crippen LogP contribution is 2.29. The molecule has 1 aliphatic rings. The zero-order valence-electron chi connectivity index (χ0n) is 8.70. The number of nitrogens with zero attached hydrogens (tertiary/aromatic N) is 1. The summed E-state index contributed by atoms with van der Waals surface area (Å²) in [7, 11) is 1.85. The third-order valence-corrected chi connectivity index (χ3v) is 2.47. The van der Waals surface area contributed by atoms with Crippen molar-refractivity contribution in [3.05, 3.63) is 23.8 Å². The Bertz CT molecular complexity index is 440. The van der Waals surface area contributed by atoms with E-state index in [0.29, 0.717) is 17.8 Å². The Morgan fingerprint density at radius 2 is 2.20 bits per heavy atom. The van der Waals surface area contributed by atoms with Gasteiger partial charge in [-0.25, -0.2) is 0 Å². The number of anilines is 2. The lowest BCUT2D eigenvalue weighted by Crippen LogP contribution is -2.35. The summed E-state index contributed by atoms with van der Waals surface area (Å²) in [5.74, 6) is -0.0500. The van der Waals surface area contributed by atoms with Crippen LogP contribution in [0.25, 0.3) is 0 Å². The number of Topliss-reactive ketones (excluding diaryl/α,β-unsaturated/α-hetero) is 1. The van der Waals surface area contributed by atoms with Crippen molar-refractivity contribution in [1.29, 1.82) is 0 Å². The molecule has 1 aliphatic heterocycles. The number of ketones is 1. The maximum Gasteiger partial charge on any atom is 0.243 e. The fraction of sp³-hybridized carbons (Fsp3) is 0.273. The number of benzene rings is 1. The van der Waals surface area contributed by atoms with E-state index in [1.54, 1.807) is 12.1 Å². The summed E-state index contributed by atoms with van der Waals surface area (Å²) >= 11 is 0. The molecule has 0 unspecified atom stereocenters. The van der Waals surface area contributed by atoms with Gasteiger partial charge in [0.15, 0.2) is 5.78 Å². The van der Waals surface area contributed by atoms with E-state index in [2.05, 4.69) is 5.32 Å². The van der Waals surface area contributed by atoms with Gasteiger partial charge in [0, 0.05) is 12.6 Å². The molecule has 1 amide bonds. The monoisotopic (exact) mass is 204 g/mol. The Labute approximate surface area is 87.9 Å². The largest absolute Gasteiger partial charge is 0.364 e. The second-order valence-corrected chi connectivity index (χ2v) is 3.69. The molecule has 0 spiro atoms. The van der Waals surface area contributed by atoms with Gasteiger partial charge in [-0.15, -0.1) is 0 Å². The standard InChI is InChI=1S/C11H12N2O2/c1-7(14)8-3-4-10-9(5-8)12-11(15)6-13(10)2/h3-5H,6H2,1-2H3,(H,12,15). The first-order valence-electron chi connectivity index (χ1n) is 4.74. The molecular weight excluding hydrogens is 192 g/mol. The maximum absolute atomic E-state index is 11.3. The van der Waals surface area contributed by atoms with Gasteiger partial charge in [0.25, 0.3) is 0 Å². The van der Waals surface area contributed by atoms with Crippen LogP contribution in [0.4, 0.5) is 11.4 Å². The van der Waals surface area contributed by atoms with Gasteiger partial charge in [-0.3, -0.25) is 9.59 Å². The molecule has 0 aromatic heterocycles. The third kappa shape index (κ3) is 1.70. The van der Waals surface area contributed by atoms with E-state index in [-0.39, 0.29) is 11.7 Å². The van der Waals surface area contributed by atoms with Crippen LogP contribution >= 0.6 is 0 Å². The van der Waals surface area contributed by atoms with Crippen molar-refractivity contribution in [1.82, 2.24) is 0 Å². The van der Waals surface area contributed by atoms with Crippen LogP contribution in [0.15, 0.2) is 18.2 Å². The summed E-state index contributed by atoms with van der Waals surface area (Å²) in [5.41, 5.74) is 2.27. The Morgan fingerprint density at radius 3 is 2.87 bits per heavy atom. The van der Waals surface area contributed by atoms with Gasteiger partial charge in [-0.05, 0) is 25.1 Å². The van der Waals surface area contributed by atoms with E-state index in [9.17, 15) is 9.59 Å². The molecule has 0 fully saturated rings. The van der Waals surface area contributed by atoms with Crippen LogP contribution in [-0.2, 0) is 4.79 Å². The summed E-state index contributed by atoms with van der Waals surface area (Å²) in [6.07, 6.45) is 0. The minimum Gasteiger partial charge on any atom is -0.364 e. The highest BCUT2D eigenvalue weighted by Gasteiger charge is 2.19. The molecule has 1 heterocycles. The molecule has 0 saturated carbocycles. The number of carbonyl (C=O) groups is 2. The highest BCUT2D eigenvalue weighted by molar-refractivity contribution is 6.03. The van der Waals surface area contributed by atoms with Crippen molar-refractivity contribution >= 4 is 23.1 Å². The number of hydrogen-bond acceptors (Lipinski definition) is 3. The molecular formula is C11H12N2O2. The minimum atomic E-state index is -0.0503. The van der Waals surface area contributed by atoms with Gasteiger partial charge >= 0.3 is 0 Å². The van der Waals surface area contributed by atoms with E-state index < -0.39 is 0 Å². The Kier molecular flexibility index (Phi) is 2.19. The summed E-state index contributed by atoms with van der Waals surface area (Å²) in [4.78, 5) is 24.3. The van der Waals surface area contributed by atoms with E-state index in [4.69, 9.17) is 0 Å². The van der Waals surface area contributed by atoms with Crippen molar-refractivity contribution in [3.8, 4) is 0 Å². The maximum atomic E-state index is 11.3. The highest BCUT2D eigenvalue weighted by atomic mass is 16.2. The number of carbonyl (C=O) groups excluding carboxylic acids is 2. The van der Waals surface area contributed by atoms with Crippen LogP contribution in [-0.4, -0.2) is 25.3 Å². The lowest BCUT2D eigenvalue weighted by atomic mass is 10.1. The molecule has 2 rings (SSSR count). The van der Waals surface area contributed by atoms with Crippen molar-refractivity contribution in [2.45, 2.75) is 6.92 Å². The van der Waals surface area contributed by atoms with Crippen LogP contribution in [0.5, 0.6) is 0 Å². The first kappa shape index (κ1) is 9.71. The van der Waals surface area contributed by atoms with Gasteiger partial charge in [0.1, 0.15) is 0 Å². The van der Waals surface area contributed by atoms with Gasteiger partial charge in [0.2, 0.25) is 5.91 Å². The SMILES string of the molecule is CC(=O)c1ccc2c(c1)NC(=O)CN2C. The molecule has 78 valence electrons. The fourth-order valence-electron chi connectivity index (χ4n) is 1.68. The lowest BCUT2D eigenvalue weighted by molar-refractivity contribution is -0.115. The van der Waals surface area contributed by atoms with Gasteiger partial charge in [0.05, 0.1) is 17.9 Å². The van der Waals surface area contributed by atoms with E-state index in [1.165, 1.54) is 6.92 Å². The summed E-state index contributed by atoms with van der Waals surface area (Å²) in [6.45, 7) is 1.86. The van der Waals surface area contributed by atoms with Crippen LogP contribution < -0.4 is 10.2 Å². The predicted molar refractivity (Wildman–Crippen MR) is 58.3 cm³/mol. The van der Waals surface area contributed by atoms with Crippen molar-refractivity contribution in [3.63, 3.8) is 0 Å². The lowest BCUT2D eigenvalue weighted by Gasteiger charge is -2.27. The summed E-state index contributed by atoms with van der Waals surface area (Å²) in [6, 6.07) is 5.34. The van der Waals surface area contributed by atoms with Crippen LogP contribution in [0, 0.1) is 0 Å². The summed E-state index contributed by atoms with van der Waals surface area (Å²) < 4.78 is 0. The van der Waals surface area contributed by atoms with E-state index in [0.717, 1.165) is 5.69 Å². The van der Waals surface area contributed by atoms with Gasteiger partial charge in [-0.2, -0.15) is 0 Å². The van der Waals surface area contributed by atoms with E-state index >= 15 is 0 Å². The number of amides is 1. The molecule has 0 radical (unpaired) electrons. The number of nitrogens with one attached hydrogen (secondary N) is 1. The van der Waals surface area contributed by atoms with E-state index in [1.807, 2.05) is 18.0 Å². The second kappa shape index (κ2) is 3.38. The van der Waals surface area contributed by atoms with Crippen LogP contribution in [0.3, 0.4) is 0 Å². The molecule has 0 saturated heterocycles. The van der Waals surface area contributed by atoms with Crippen molar-refractivity contribution in [2.75, 3.05) is 23.8 Å². The predicted octanol–water partition coefficient (Wildman–Crippen LogP) is 1.28. The first-order chi connectivity index (χ1) is 7.08. The van der Waals surface area contributed by atoms with Gasteiger partial charge in [-0.1, -0.05) is 0 Å². The first-order valence-corrected chi connectivity index (χ1v) is 4.74. The molecule has 1 aromatic carbocycles. The topological polar surface area (TPSA) is 49.4 Å². The molecule has 4 nitrogen and oxygen atoms in total. The average molecular weight is 204 g/mol. The quantitative estimate of drug-likeness (QED) is 0.701. The normalized spacial score (nSPS) is 14.5. The minimum absolute atomic E-state index is 0.000255. The Balaban J connectivity index is 2.47. The fourth-order valence-corrected chi connectivity index (χ4v) is 1.68. The number of hydrogen-bond donors (Lipinski definition) is 1.